The van der Waals surface area contributed by atoms with E-state index in [9.17, 15) is 0 Å². The summed E-state index contributed by atoms with van der Waals surface area (Å²) in [4.78, 5) is 4.02. The molecule has 5 N–H and O–H groups in total. The van der Waals surface area contributed by atoms with E-state index in [1.807, 2.05) is 0 Å². The van der Waals surface area contributed by atoms with Crippen molar-refractivity contribution in [2.24, 2.45) is 16.5 Å². The molecule has 23 heavy (non-hydrogen) atoms. The topological polar surface area (TPSA) is 76.4 Å². The summed E-state index contributed by atoms with van der Waals surface area (Å²) in [6, 6.07) is 16.9. The number of nitrogens with zero attached hydrogens (tertiary/aromatic N) is 1. The first kappa shape index (κ1) is 17.0. The lowest BCUT2D eigenvalue weighted by atomic mass is 10.0. The minimum absolute atomic E-state index is 0.114. The fourth-order valence-corrected chi connectivity index (χ4v) is 2.21. The summed E-state index contributed by atoms with van der Waals surface area (Å²) in [6.07, 6.45) is 0. The van der Waals surface area contributed by atoms with Gasteiger partial charge in [-0.2, -0.15) is 0 Å². The van der Waals surface area contributed by atoms with Crippen LogP contribution in [0.5, 0.6) is 0 Å². The van der Waals surface area contributed by atoms with Gasteiger partial charge in [0.05, 0.1) is 6.54 Å². The van der Waals surface area contributed by atoms with Gasteiger partial charge in [-0.1, -0.05) is 42.5 Å². The Kier molecular flexibility index (Phi) is 5.40. The molecule has 122 valence electrons. The molecule has 4 heteroatoms. The first-order chi connectivity index (χ1) is 10.8. The summed E-state index contributed by atoms with van der Waals surface area (Å²) < 4.78 is 0. The van der Waals surface area contributed by atoms with Gasteiger partial charge in [0.2, 0.25) is 0 Å². The third-order valence-electron chi connectivity index (χ3n) is 3.48. The second-order valence-electron chi connectivity index (χ2n) is 6.74. The highest BCUT2D eigenvalue weighted by atomic mass is 15.0. The monoisotopic (exact) mass is 310 g/mol. The standard InChI is InChI=1S/C19H26N4/c1-19(2,3)23-13-15-5-4-6-17(11-15)16-9-7-14(8-10-16)12-22-18(20)21/h4-11,23H,12-13H2,1-3H3,(H4,20,21,22). The summed E-state index contributed by atoms with van der Waals surface area (Å²) >= 11 is 0. The quantitative estimate of drug-likeness (QED) is 0.587. The van der Waals surface area contributed by atoms with Gasteiger partial charge in [-0.05, 0) is 49.1 Å². The zero-order valence-electron chi connectivity index (χ0n) is 14.1. The molecule has 2 aromatic rings. The zero-order valence-corrected chi connectivity index (χ0v) is 14.1. The Balaban J connectivity index is 2.11. The van der Waals surface area contributed by atoms with E-state index in [1.54, 1.807) is 0 Å². The van der Waals surface area contributed by atoms with Gasteiger partial charge in [0.1, 0.15) is 0 Å². The first-order valence-electron chi connectivity index (χ1n) is 7.82. The van der Waals surface area contributed by atoms with E-state index in [0.29, 0.717) is 6.54 Å². The minimum atomic E-state index is 0.114. The molecular formula is C19H26N4. The highest BCUT2D eigenvalue weighted by Gasteiger charge is 2.08. The molecule has 0 unspecified atom stereocenters. The largest absolute Gasteiger partial charge is 0.370 e. The van der Waals surface area contributed by atoms with Crippen LogP contribution in [0.25, 0.3) is 11.1 Å². The van der Waals surface area contributed by atoms with Crippen LogP contribution in [0.2, 0.25) is 0 Å². The highest BCUT2D eigenvalue weighted by molar-refractivity contribution is 5.75. The molecule has 0 fully saturated rings. The molecule has 0 aromatic heterocycles. The Morgan fingerprint density at radius 2 is 1.65 bits per heavy atom. The van der Waals surface area contributed by atoms with Crippen LogP contribution in [-0.4, -0.2) is 11.5 Å². The molecule has 0 aliphatic heterocycles. The third kappa shape index (κ3) is 5.75. The molecule has 0 aliphatic rings. The normalized spacial score (nSPS) is 11.3. The lowest BCUT2D eigenvalue weighted by molar-refractivity contribution is 0.424. The summed E-state index contributed by atoms with van der Waals surface area (Å²) in [6.45, 7) is 7.89. The van der Waals surface area contributed by atoms with Crippen LogP contribution < -0.4 is 16.8 Å². The lowest BCUT2D eigenvalue weighted by Crippen LogP contribution is -2.35. The molecule has 0 amide bonds. The van der Waals surface area contributed by atoms with E-state index in [4.69, 9.17) is 11.5 Å². The Morgan fingerprint density at radius 3 is 2.26 bits per heavy atom. The number of hydrogen-bond acceptors (Lipinski definition) is 2. The summed E-state index contributed by atoms with van der Waals surface area (Å²) in [5.74, 6) is 0.119. The van der Waals surface area contributed by atoms with E-state index in [0.717, 1.165) is 12.1 Å². The van der Waals surface area contributed by atoms with Gasteiger partial charge in [-0.15, -0.1) is 0 Å². The predicted molar refractivity (Wildman–Crippen MR) is 98.0 cm³/mol. The van der Waals surface area contributed by atoms with Gasteiger partial charge in [0, 0.05) is 12.1 Å². The SMILES string of the molecule is CC(C)(C)NCc1cccc(-c2ccc(CN=C(N)N)cc2)c1. The van der Waals surface area contributed by atoms with Crippen LogP contribution in [0.15, 0.2) is 53.5 Å². The molecule has 0 radical (unpaired) electrons. The number of hydrogen-bond donors (Lipinski definition) is 3. The zero-order chi connectivity index (χ0) is 16.9. The third-order valence-corrected chi connectivity index (χ3v) is 3.48. The fourth-order valence-electron chi connectivity index (χ4n) is 2.21. The number of rotatable bonds is 5. The van der Waals surface area contributed by atoms with Crippen molar-refractivity contribution in [1.82, 2.24) is 5.32 Å². The van der Waals surface area contributed by atoms with Gasteiger partial charge >= 0.3 is 0 Å². The molecule has 0 spiro atoms. The Labute approximate surface area is 138 Å². The second kappa shape index (κ2) is 7.29. The number of nitrogens with one attached hydrogen (secondary N) is 1. The van der Waals surface area contributed by atoms with Crippen molar-refractivity contribution < 1.29 is 0 Å². The maximum absolute atomic E-state index is 5.36. The van der Waals surface area contributed by atoms with Crippen LogP contribution in [0.3, 0.4) is 0 Å². The molecule has 0 atom stereocenters. The molecule has 2 aromatic carbocycles. The molecule has 0 aliphatic carbocycles. The number of benzene rings is 2. The molecule has 4 nitrogen and oxygen atoms in total. The van der Waals surface area contributed by atoms with Gasteiger partial charge in [-0.25, -0.2) is 4.99 Å². The van der Waals surface area contributed by atoms with Crippen LogP contribution >= 0.6 is 0 Å². The Bertz CT molecular complexity index is 663. The van der Waals surface area contributed by atoms with Crippen molar-refractivity contribution in [2.45, 2.75) is 39.4 Å². The van der Waals surface area contributed by atoms with Crippen molar-refractivity contribution in [3.63, 3.8) is 0 Å². The van der Waals surface area contributed by atoms with Crippen molar-refractivity contribution in [3.05, 3.63) is 59.7 Å². The number of aliphatic imine (C=N–C) groups is 1. The Morgan fingerprint density at radius 1 is 0.957 bits per heavy atom. The Hall–Kier alpha value is -2.33. The average molecular weight is 310 g/mol. The van der Waals surface area contributed by atoms with E-state index in [2.05, 4.69) is 79.6 Å². The van der Waals surface area contributed by atoms with Crippen molar-refractivity contribution in [1.29, 1.82) is 0 Å². The smallest absolute Gasteiger partial charge is 0.186 e. The van der Waals surface area contributed by atoms with Crippen molar-refractivity contribution in [2.75, 3.05) is 0 Å². The molecule has 0 saturated carbocycles. The highest BCUT2D eigenvalue weighted by Crippen LogP contribution is 2.21. The van der Waals surface area contributed by atoms with E-state index in [-0.39, 0.29) is 11.5 Å². The van der Waals surface area contributed by atoms with Crippen molar-refractivity contribution >= 4 is 5.96 Å². The summed E-state index contributed by atoms with van der Waals surface area (Å²) in [5, 5.41) is 3.51. The predicted octanol–water partition coefficient (Wildman–Crippen LogP) is 3.02. The molecule has 0 heterocycles. The van der Waals surface area contributed by atoms with Gasteiger partial charge < -0.3 is 16.8 Å². The first-order valence-corrected chi connectivity index (χ1v) is 7.82. The van der Waals surface area contributed by atoms with Crippen LogP contribution in [0.4, 0.5) is 0 Å². The summed E-state index contributed by atoms with van der Waals surface area (Å²) in [7, 11) is 0. The number of nitrogens with two attached hydrogens (primary N) is 2. The van der Waals surface area contributed by atoms with Crippen LogP contribution in [-0.2, 0) is 13.1 Å². The fraction of sp³-hybridized carbons (Fsp3) is 0.316. The van der Waals surface area contributed by atoms with Crippen LogP contribution in [0, 0.1) is 0 Å². The maximum atomic E-state index is 5.36. The van der Waals surface area contributed by atoms with Crippen molar-refractivity contribution in [3.8, 4) is 11.1 Å². The van der Waals surface area contributed by atoms with Gasteiger partial charge in [0.25, 0.3) is 0 Å². The molecular weight excluding hydrogens is 284 g/mol. The van der Waals surface area contributed by atoms with Crippen LogP contribution in [0.1, 0.15) is 31.9 Å². The molecule has 0 saturated heterocycles. The minimum Gasteiger partial charge on any atom is -0.370 e. The van der Waals surface area contributed by atoms with Gasteiger partial charge in [-0.3, -0.25) is 0 Å². The maximum Gasteiger partial charge on any atom is 0.186 e. The second-order valence-corrected chi connectivity index (χ2v) is 6.74. The molecule has 0 bridgehead atoms. The van der Waals surface area contributed by atoms with E-state index in [1.165, 1.54) is 16.7 Å². The molecule has 2 rings (SSSR count). The summed E-state index contributed by atoms with van der Waals surface area (Å²) in [5.41, 5.74) is 15.6. The number of guanidine groups is 1. The average Bonchev–Trinajstić information content (AvgIpc) is 2.51. The van der Waals surface area contributed by atoms with E-state index < -0.39 is 0 Å². The van der Waals surface area contributed by atoms with E-state index >= 15 is 0 Å². The lowest BCUT2D eigenvalue weighted by Gasteiger charge is -2.20. The van der Waals surface area contributed by atoms with Gasteiger partial charge in [0.15, 0.2) is 5.96 Å².